The lowest BCUT2D eigenvalue weighted by atomic mass is 9.85. The number of nitrogens with one attached hydrogen (secondary N) is 1. The third kappa shape index (κ3) is 4.45. The SMILES string of the molecule is CC(=O)N[C@@H]1[C@@H](O)[C@H](O)[C@@H](CO)OC1(O)c1c(S)cccc1Oc1cccc(S)c1. The second kappa shape index (κ2) is 9.15. The van der Waals surface area contributed by atoms with Crippen molar-refractivity contribution in [2.75, 3.05) is 6.61 Å². The van der Waals surface area contributed by atoms with Crippen molar-refractivity contribution in [1.29, 1.82) is 0 Å². The fraction of sp³-hybridized carbons (Fsp3) is 0.350. The maximum Gasteiger partial charge on any atom is 0.221 e. The molecule has 1 unspecified atom stereocenters. The van der Waals surface area contributed by atoms with Crippen molar-refractivity contribution >= 4 is 31.2 Å². The van der Waals surface area contributed by atoms with Crippen LogP contribution in [0.15, 0.2) is 52.3 Å². The van der Waals surface area contributed by atoms with Crippen molar-refractivity contribution in [3.8, 4) is 11.5 Å². The van der Waals surface area contributed by atoms with Gasteiger partial charge in [-0.25, -0.2) is 0 Å². The summed E-state index contributed by atoms with van der Waals surface area (Å²) in [4.78, 5) is 12.6. The van der Waals surface area contributed by atoms with E-state index in [9.17, 15) is 25.2 Å². The molecule has 8 nitrogen and oxygen atoms in total. The molecule has 0 aliphatic carbocycles. The van der Waals surface area contributed by atoms with Gasteiger partial charge in [-0.2, -0.15) is 0 Å². The number of aliphatic hydroxyl groups excluding tert-OH is 3. The fourth-order valence-corrected chi connectivity index (χ4v) is 3.99. The lowest BCUT2D eigenvalue weighted by molar-refractivity contribution is -0.328. The van der Waals surface area contributed by atoms with Crippen molar-refractivity contribution in [2.45, 2.75) is 46.9 Å². The first-order valence-electron chi connectivity index (χ1n) is 9.11. The number of carbonyl (C=O) groups excluding carboxylic acids is 1. The van der Waals surface area contributed by atoms with Gasteiger partial charge in [0.1, 0.15) is 35.9 Å². The number of amides is 1. The smallest absolute Gasteiger partial charge is 0.221 e. The van der Waals surface area contributed by atoms with Crippen LogP contribution in [0.1, 0.15) is 12.5 Å². The molecule has 0 radical (unpaired) electrons. The lowest BCUT2D eigenvalue weighted by Gasteiger charge is -2.48. The van der Waals surface area contributed by atoms with Gasteiger partial charge in [0.15, 0.2) is 0 Å². The highest BCUT2D eigenvalue weighted by Crippen LogP contribution is 2.44. The van der Waals surface area contributed by atoms with E-state index in [1.807, 2.05) is 0 Å². The van der Waals surface area contributed by atoms with Gasteiger partial charge in [-0.3, -0.25) is 4.79 Å². The Morgan fingerprint density at radius 2 is 1.90 bits per heavy atom. The summed E-state index contributed by atoms with van der Waals surface area (Å²) in [5.74, 6) is -2.39. The van der Waals surface area contributed by atoms with Gasteiger partial charge in [0, 0.05) is 16.7 Å². The van der Waals surface area contributed by atoms with Crippen molar-refractivity contribution in [3.63, 3.8) is 0 Å². The Morgan fingerprint density at radius 3 is 2.53 bits per heavy atom. The van der Waals surface area contributed by atoms with Crippen LogP contribution in [0.3, 0.4) is 0 Å². The normalized spacial score (nSPS) is 28.8. The Bertz CT molecular complexity index is 928. The molecule has 2 aromatic carbocycles. The molecule has 0 bridgehead atoms. The largest absolute Gasteiger partial charge is 0.457 e. The molecule has 1 saturated heterocycles. The van der Waals surface area contributed by atoms with E-state index in [1.165, 1.54) is 6.92 Å². The Morgan fingerprint density at radius 1 is 1.20 bits per heavy atom. The van der Waals surface area contributed by atoms with E-state index < -0.39 is 42.7 Å². The monoisotopic (exact) mass is 453 g/mol. The molecule has 10 heteroatoms. The third-order valence-corrected chi connectivity index (χ3v) is 5.42. The molecule has 1 fully saturated rings. The summed E-state index contributed by atoms with van der Waals surface area (Å²) in [5, 5.41) is 44.4. The maximum atomic E-state index is 11.8. The number of carbonyl (C=O) groups is 1. The molecule has 5 atom stereocenters. The Balaban J connectivity index is 2.13. The van der Waals surface area contributed by atoms with Crippen molar-refractivity contribution in [1.82, 2.24) is 5.32 Å². The molecule has 162 valence electrons. The van der Waals surface area contributed by atoms with Crippen molar-refractivity contribution in [3.05, 3.63) is 48.0 Å². The summed E-state index contributed by atoms with van der Waals surface area (Å²) < 4.78 is 11.5. The van der Waals surface area contributed by atoms with Gasteiger partial charge < -0.3 is 35.2 Å². The predicted molar refractivity (Wildman–Crippen MR) is 113 cm³/mol. The zero-order valence-corrected chi connectivity index (χ0v) is 17.8. The molecule has 1 aliphatic rings. The van der Waals surface area contributed by atoms with Crippen LogP contribution in [0.4, 0.5) is 0 Å². The molecule has 1 aliphatic heterocycles. The molecule has 3 rings (SSSR count). The fourth-order valence-electron chi connectivity index (χ4n) is 3.42. The molecule has 0 aromatic heterocycles. The molecule has 1 heterocycles. The van der Waals surface area contributed by atoms with Gasteiger partial charge in [-0.1, -0.05) is 12.1 Å². The highest BCUT2D eigenvalue weighted by molar-refractivity contribution is 7.80. The van der Waals surface area contributed by atoms with Crippen LogP contribution >= 0.6 is 25.3 Å². The lowest BCUT2D eigenvalue weighted by Crippen LogP contribution is -2.68. The quantitative estimate of drug-likeness (QED) is 0.334. The number of rotatable bonds is 5. The van der Waals surface area contributed by atoms with Crippen LogP contribution in [0, 0.1) is 0 Å². The molecule has 2 aromatic rings. The Labute approximate surface area is 184 Å². The Kier molecular flexibility index (Phi) is 6.98. The van der Waals surface area contributed by atoms with Crippen molar-refractivity contribution in [2.24, 2.45) is 0 Å². The predicted octanol–water partition coefficient (Wildman–Crippen LogP) is 0.819. The van der Waals surface area contributed by atoms with Crippen LogP contribution in [-0.2, 0) is 15.3 Å². The van der Waals surface area contributed by atoms with E-state index in [0.717, 1.165) is 0 Å². The van der Waals surface area contributed by atoms with Gasteiger partial charge in [-0.05, 0) is 30.3 Å². The summed E-state index contributed by atoms with van der Waals surface area (Å²) in [6.45, 7) is 0.514. The minimum absolute atomic E-state index is 0.0149. The first-order chi connectivity index (χ1) is 14.2. The molecule has 0 spiro atoms. The van der Waals surface area contributed by atoms with E-state index in [1.54, 1.807) is 42.5 Å². The minimum atomic E-state index is -2.37. The second-order valence-corrected chi connectivity index (χ2v) is 7.94. The number of ether oxygens (including phenoxy) is 2. The molecule has 30 heavy (non-hydrogen) atoms. The van der Waals surface area contributed by atoms with E-state index in [0.29, 0.717) is 10.6 Å². The first kappa shape index (κ1) is 22.9. The van der Waals surface area contributed by atoms with Crippen LogP contribution in [-0.4, -0.2) is 57.3 Å². The van der Waals surface area contributed by atoms with Crippen LogP contribution in [0.5, 0.6) is 11.5 Å². The first-order valence-corrected chi connectivity index (χ1v) is 10.0. The standard InChI is InChI=1S/C20H23NO7S2/c1-10(23)21-19-18(25)17(24)14(9-22)28-20(19,26)16-13(6-3-7-15(16)30)27-11-4-2-5-12(29)8-11/h2-8,14,17-19,22,24-26,29-30H,9H2,1H3,(H,21,23)/t14-,17-,18+,19-,20?/m1/s1. The topological polar surface area (TPSA) is 128 Å². The van der Waals surface area contributed by atoms with Crippen LogP contribution < -0.4 is 10.1 Å². The van der Waals surface area contributed by atoms with Gasteiger partial charge in [0.05, 0.1) is 12.2 Å². The molecular formula is C20H23NO7S2. The number of thiol groups is 2. The molecule has 5 N–H and O–H groups in total. The summed E-state index contributed by atoms with van der Waals surface area (Å²) in [5.41, 5.74) is 0.0149. The van der Waals surface area contributed by atoms with E-state index in [-0.39, 0.29) is 16.2 Å². The van der Waals surface area contributed by atoms with Gasteiger partial charge in [-0.15, -0.1) is 25.3 Å². The molecule has 0 saturated carbocycles. The highest BCUT2D eigenvalue weighted by Gasteiger charge is 2.56. The second-order valence-electron chi connectivity index (χ2n) is 6.94. The van der Waals surface area contributed by atoms with E-state index >= 15 is 0 Å². The summed E-state index contributed by atoms with van der Waals surface area (Å²) in [7, 11) is 0. The summed E-state index contributed by atoms with van der Waals surface area (Å²) in [6, 6.07) is 10.1. The molecular weight excluding hydrogens is 430 g/mol. The maximum absolute atomic E-state index is 11.8. The molecule has 1 amide bonds. The third-order valence-electron chi connectivity index (χ3n) is 4.77. The average molecular weight is 454 g/mol. The van der Waals surface area contributed by atoms with Crippen LogP contribution in [0.2, 0.25) is 0 Å². The summed E-state index contributed by atoms with van der Waals surface area (Å²) in [6.07, 6.45) is -4.52. The van der Waals surface area contributed by atoms with Crippen molar-refractivity contribution < 1.29 is 34.7 Å². The number of benzene rings is 2. The highest BCUT2D eigenvalue weighted by atomic mass is 32.1. The average Bonchev–Trinajstić information content (AvgIpc) is 2.68. The van der Waals surface area contributed by atoms with E-state index in [4.69, 9.17) is 9.47 Å². The number of hydrogen-bond donors (Lipinski definition) is 7. The zero-order valence-electron chi connectivity index (χ0n) is 16.0. The minimum Gasteiger partial charge on any atom is -0.457 e. The van der Waals surface area contributed by atoms with Gasteiger partial charge in [0.25, 0.3) is 0 Å². The van der Waals surface area contributed by atoms with Crippen LogP contribution in [0.25, 0.3) is 0 Å². The number of hydrogen-bond acceptors (Lipinski definition) is 9. The van der Waals surface area contributed by atoms with E-state index in [2.05, 4.69) is 30.6 Å². The number of aliphatic hydroxyl groups is 4. The van der Waals surface area contributed by atoms with Gasteiger partial charge in [0.2, 0.25) is 11.7 Å². The van der Waals surface area contributed by atoms with Gasteiger partial charge >= 0.3 is 0 Å². The zero-order chi connectivity index (χ0) is 22.1. The Hall–Kier alpha value is -1.79. The summed E-state index contributed by atoms with van der Waals surface area (Å²) >= 11 is 8.68.